The van der Waals surface area contributed by atoms with Gasteiger partial charge in [0.25, 0.3) is 0 Å². The number of aromatic hydroxyl groups is 1. The zero-order chi connectivity index (χ0) is 26.7. The molecule has 0 fully saturated rings. The first-order valence-corrected chi connectivity index (χ1v) is 11.3. The van der Waals surface area contributed by atoms with Crippen molar-refractivity contribution >= 4 is 29.6 Å². The molecule has 5 unspecified atom stereocenters. The fourth-order valence-electron chi connectivity index (χ4n) is 3.12. The van der Waals surface area contributed by atoms with Crippen LogP contribution in [0.1, 0.15) is 45.6 Å². The van der Waals surface area contributed by atoms with Gasteiger partial charge in [0.05, 0.1) is 6.04 Å². The van der Waals surface area contributed by atoms with Crippen molar-refractivity contribution in [1.82, 2.24) is 16.0 Å². The highest BCUT2D eigenvalue weighted by molar-refractivity contribution is 5.94. The summed E-state index contributed by atoms with van der Waals surface area (Å²) in [5.74, 6) is -4.14. The normalized spacial score (nSPS) is 15.1. The van der Waals surface area contributed by atoms with Crippen LogP contribution < -0.4 is 27.4 Å². The lowest BCUT2D eigenvalue weighted by Crippen LogP contribution is -2.58. The molecule has 0 heterocycles. The Morgan fingerprint density at radius 2 is 1.54 bits per heavy atom. The minimum atomic E-state index is -1.26. The van der Waals surface area contributed by atoms with Crippen LogP contribution in [0.15, 0.2) is 24.3 Å². The molecule has 1 aromatic carbocycles. The Morgan fingerprint density at radius 1 is 0.943 bits per heavy atom. The molecular weight excluding hydrogens is 458 g/mol. The third kappa shape index (κ3) is 10.0. The standard InChI is InChI=1S/C23H35N5O7/c1-4-12(2)19(28-21(32)16(24)9-10-18(25)30)22(33)26-13(3)20(31)27-17(23(34)35)11-14-5-7-15(29)8-6-14/h5-8,12-13,16-17,19,29H,4,9-11,24H2,1-3H3,(H2,25,30)(H,26,33)(H,27,31)(H,28,32)(H,34,35). The van der Waals surface area contributed by atoms with Crippen molar-refractivity contribution in [3.63, 3.8) is 0 Å². The number of rotatable bonds is 14. The second-order valence-electron chi connectivity index (χ2n) is 8.48. The molecule has 0 saturated heterocycles. The van der Waals surface area contributed by atoms with Gasteiger partial charge in [-0.1, -0.05) is 32.4 Å². The van der Waals surface area contributed by atoms with Crippen LogP contribution in [-0.2, 0) is 30.4 Å². The van der Waals surface area contributed by atoms with Gasteiger partial charge in [-0.15, -0.1) is 0 Å². The van der Waals surface area contributed by atoms with E-state index >= 15 is 0 Å². The number of benzene rings is 1. The van der Waals surface area contributed by atoms with Crippen LogP contribution >= 0.6 is 0 Å². The second kappa shape index (κ2) is 13.9. The van der Waals surface area contributed by atoms with Crippen molar-refractivity contribution in [1.29, 1.82) is 0 Å². The van der Waals surface area contributed by atoms with Crippen LogP contribution in [0.3, 0.4) is 0 Å². The Hall–Kier alpha value is -3.67. The highest BCUT2D eigenvalue weighted by atomic mass is 16.4. The number of hydrogen-bond acceptors (Lipinski definition) is 7. The minimum Gasteiger partial charge on any atom is -0.508 e. The van der Waals surface area contributed by atoms with Crippen molar-refractivity contribution in [3.8, 4) is 5.75 Å². The van der Waals surface area contributed by atoms with Crippen molar-refractivity contribution in [2.75, 3.05) is 0 Å². The number of carboxylic acids is 1. The fourth-order valence-corrected chi connectivity index (χ4v) is 3.12. The summed E-state index contributed by atoms with van der Waals surface area (Å²) < 4.78 is 0. The van der Waals surface area contributed by atoms with Crippen LogP contribution in [0, 0.1) is 5.92 Å². The summed E-state index contributed by atoms with van der Waals surface area (Å²) in [6.07, 6.45) is 0.438. The molecule has 5 atom stereocenters. The van der Waals surface area contributed by atoms with Gasteiger partial charge in [-0.2, -0.15) is 0 Å². The number of phenols is 1. The maximum absolute atomic E-state index is 12.9. The van der Waals surface area contributed by atoms with E-state index in [0.717, 1.165) is 0 Å². The van der Waals surface area contributed by atoms with E-state index in [9.17, 15) is 34.2 Å². The number of carboxylic acid groups (broad SMARTS) is 1. The first-order chi connectivity index (χ1) is 16.3. The molecular formula is C23H35N5O7. The van der Waals surface area contributed by atoms with Gasteiger partial charge in [-0.25, -0.2) is 4.79 Å². The van der Waals surface area contributed by atoms with E-state index in [1.165, 1.54) is 31.2 Å². The van der Waals surface area contributed by atoms with Crippen molar-refractivity contribution in [2.45, 2.75) is 70.6 Å². The molecule has 0 saturated carbocycles. The molecule has 0 bridgehead atoms. The van der Waals surface area contributed by atoms with Gasteiger partial charge in [0.2, 0.25) is 23.6 Å². The fraction of sp³-hybridized carbons (Fsp3) is 0.522. The van der Waals surface area contributed by atoms with Crippen molar-refractivity contribution in [2.24, 2.45) is 17.4 Å². The third-order valence-electron chi connectivity index (χ3n) is 5.57. The van der Waals surface area contributed by atoms with Crippen molar-refractivity contribution < 1.29 is 34.2 Å². The smallest absolute Gasteiger partial charge is 0.326 e. The molecule has 0 aliphatic heterocycles. The molecule has 35 heavy (non-hydrogen) atoms. The number of nitrogens with two attached hydrogens (primary N) is 2. The number of nitrogens with one attached hydrogen (secondary N) is 3. The van der Waals surface area contributed by atoms with Gasteiger partial charge in [0.15, 0.2) is 0 Å². The Balaban J connectivity index is 2.80. The lowest BCUT2D eigenvalue weighted by atomic mass is 9.97. The molecule has 12 nitrogen and oxygen atoms in total. The van der Waals surface area contributed by atoms with E-state index in [1.54, 1.807) is 6.92 Å². The molecule has 0 spiro atoms. The van der Waals surface area contributed by atoms with E-state index in [2.05, 4.69) is 16.0 Å². The number of phenolic OH excluding ortho intramolecular Hbond substituents is 1. The number of hydrogen-bond donors (Lipinski definition) is 7. The van der Waals surface area contributed by atoms with Crippen LogP contribution in [0.2, 0.25) is 0 Å². The van der Waals surface area contributed by atoms with Gasteiger partial charge >= 0.3 is 5.97 Å². The third-order valence-corrected chi connectivity index (χ3v) is 5.57. The van der Waals surface area contributed by atoms with E-state index in [0.29, 0.717) is 12.0 Å². The zero-order valence-electron chi connectivity index (χ0n) is 20.1. The Morgan fingerprint density at radius 3 is 2.06 bits per heavy atom. The van der Waals surface area contributed by atoms with Gasteiger partial charge in [-0.3, -0.25) is 19.2 Å². The lowest BCUT2D eigenvalue weighted by Gasteiger charge is -2.27. The van der Waals surface area contributed by atoms with Gasteiger partial charge in [0, 0.05) is 12.8 Å². The number of carbonyl (C=O) groups is 5. The molecule has 0 radical (unpaired) electrons. The Bertz CT molecular complexity index is 906. The molecule has 1 aromatic rings. The topological polar surface area (TPSA) is 214 Å². The summed E-state index contributed by atoms with van der Waals surface area (Å²) in [6.45, 7) is 4.95. The molecule has 4 amide bonds. The van der Waals surface area contributed by atoms with Crippen LogP contribution in [0.25, 0.3) is 0 Å². The molecule has 9 N–H and O–H groups in total. The van der Waals surface area contributed by atoms with Gasteiger partial charge < -0.3 is 37.6 Å². The molecule has 194 valence electrons. The molecule has 12 heteroatoms. The maximum Gasteiger partial charge on any atom is 0.326 e. The van der Waals surface area contributed by atoms with Gasteiger partial charge in [-0.05, 0) is 37.0 Å². The Kier molecular flexibility index (Phi) is 11.7. The quantitative estimate of drug-likeness (QED) is 0.172. The van der Waals surface area contributed by atoms with Crippen molar-refractivity contribution in [3.05, 3.63) is 29.8 Å². The maximum atomic E-state index is 12.9. The average Bonchev–Trinajstić information content (AvgIpc) is 2.80. The average molecular weight is 494 g/mol. The summed E-state index contributed by atoms with van der Waals surface area (Å²) in [5.41, 5.74) is 11.4. The second-order valence-corrected chi connectivity index (χ2v) is 8.48. The van der Waals surface area contributed by atoms with Gasteiger partial charge in [0.1, 0.15) is 23.9 Å². The van der Waals surface area contributed by atoms with Crippen LogP contribution in [0.5, 0.6) is 5.75 Å². The lowest BCUT2D eigenvalue weighted by molar-refractivity contribution is -0.142. The number of aliphatic carboxylic acids is 1. The highest BCUT2D eigenvalue weighted by Crippen LogP contribution is 2.12. The number of carbonyl (C=O) groups excluding carboxylic acids is 4. The number of amides is 4. The molecule has 0 aromatic heterocycles. The van der Waals surface area contributed by atoms with E-state index < -0.39 is 53.8 Å². The molecule has 0 aliphatic rings. The monoisotopic (exact) mass is 493 g/mol. The van der Waals surface area contributed by atoms with E-state index in [1.807, 2.05) is 6.92 Å². The first-order valence-electron chi connectivity index (χ1n) is 11.3. The highest BCUT2D eigenvalue weighted by Gasteiger charge is 2.31. The van der Waals surface area contributed by atoms with E-state index in [4.69, 9.17) is 11.5 Å². The summed E-state index contributed by atoms with van der Waals surface area (Å²) >= 11 is 0. The summed E-state index contributed by atoms with van der Waals surface area (Å²) in [5, 5.41) is 26.3. The van der Waals surface area contributed by atoms with E-state index in [-0.39, 0.29) is 30.9 Å². The predicted octanol–water partition coefficient (Wildman–Crippen LogP) is -0.867. The molecule has 1 rings (SSSR count). The van der Waals surface area contributed by atoms with Crippen LogP contribution in [0.4, 0.5) is 0 Å². The zero-order valence-corrected chi connectivity index (χ0v) is 20.1. The molecule has 0 aliphatic carbocycles. The largest absolute Gasteiger partial charge is 0.508 e. The SMILES string of the molecule is CCC(C)C(NC(=O)C(N)CCC(N)=O)C(=O)NC(C)C(=O)NC(Cc1ccc(O)cc1)C(=O)O. The Labute approximate surface area is 203 Å². The van der Waals surface area contributed by atoms with Crippen LogP contribution in [-0.4, -0.2) is 64.0 Å². The predicted molar refractivity (Wildman–Crippen MR) is 127 cm³/mol. The summed E-state index contributed by atoms with van der Waals surface area (Å²) in [4.78, 5) is 60.4. The minimum absolute atomic E-state index is 0.0203. The first kappa shape index (κ1) is 29.4. The number of primary amides is 1. The summed E-state index contributed by atoms with van der Waals surface area (Å²) in [7, 11) is 0. The summed E-state index contributed by atoms with van der Waals surface area (Å²) in [6, 6.07) is 1.47.